The van der Waals surface area contributed by atoms with Gasteiger partial charge in [-0.25, -0.2) is 9.79 Å². The van der Waals surface area contributed by atoms with Gasteiger partial charge in [-0.15, -0.1) is 0 Å². The lowest BCUT2D eigenvalue weighted by molar-refractivity contribution is -0.143. The van der Waals surface area contributed by atoms with Crippen molar-refractivity contribution in [2.24, 2.45) is 4.99 Å². The summed E-state index contributed by atoms with van der Waals surface area (Å²) in [5.74, 6) is 0.945. The summed E-state index contributed by atoms with van der Waals surface area (Å²) in [6, 6.07) is 15.7. The summed E-state index contributed by atoms with van der Waals surface area (Å²) in [4.78, 5) is 32.7. The van der Waals surface area contributed by atoms with E-state index in [1.807, 2.05) is 36.4 Å². The molecule has 1 aliphatic heterocycles. The number of esters is 1. The number of halogens is 3. The molecule has 0 saturated heterocycles. The SMILES string of the molecule is COc1ccc(Br)cc1[C@H]1C(C(=O)OC(C)C)=C(C)N=c2s/c(=C\c3cc(Br)c(OCc4ccccc4Cl)c(OC)c3)c(=O)n21. The number of rotatable bonds is 9. The zero-order chi connectivity index (χ0) is 32.4. The molecule has 0 N–H and O–H groups in total. The second kappa shape index (κ2) is 13.9. The van der Waals surface area contributed by atoms with Gasteiger partial charge >= 0.3 is 5.97 Å². The topological polar surface area (TPSA) is 88.4 Å². The van der Waals surface area contributed by atoms with E-state index in [-0.39, 0.29) is 23.8 Å². The molecule has 1 atom stereocenters. The van der Waals surface area contributed by atoms with E-state index in [1.54, 1.807) is 59.3 Å². The molecule has 0 amide bonds. The Balaban J connectivity index is 1.62. The summed E-state index contributed by atoms with van der Waals surface area (Å²) in [5.41, 5.74) is 2.56. The van der Waals surface area contributed by atoms with E-state index >= 15 is 0 Å². The van der Waals surface area contributed by atoms with Gasteiger partial charge in [-0.05, 0) is 84.7 Å². The predicted octanol–water partition coefficient (Wildman–Crippen LogP) is 6.96. The number of ether oxygens (including phenoxy) is 4. The molecule has 2 heterocycles. The summed E-state index contributed by atoms with van der Waals surface area (Å²) < 4.78 is 26.4. The number of allylic oxidation sites excluding steroid dienone is 1. The number of hydrogen-bond acceptors (Lipinski definition) is 8. The third kappa shape index (κ3) is 6.91. The first-order valence-corrected chi connectivity index (χ1v) is 16.6. The van der Waals surface area contributed by atoms with Gasteiger partial charge in [-0.2, -0.15) is 0 Å². The quantitative estimate of drug-likeness (QED) is 0.171. The van der Waals surface area contributed by atoms with E-state index < -0.39 is 12.0 Å². The Bertz CT molecular complexity index is 2000. The summed E-state index contributed by atoms with van der Waals surface area (Å²) in [6.45, 7) is 5.54. The number of benzene rings is 3. The van der Waals surface area contributed by atoms with Gasteiger partial charge in [0.15, 0.2) is 16.3 Å². The molecule has 1 aliphatic rings. The van der Waals surface area contributed by atoms with E-state index in [4.69, 9.17) is 30.5 Å². The molecule has 45 heavy (non-hydrogen) atoms. The van der Waals surface area contributed by atoms with Gasteiger partial charge in [-0.3, -0.25) is 9.36 Å². The highest BCUT2D eigenvalue weighted by Crippen LogP contribution is 2.39. The molecular formula is C33H29Br2ClN2O6S. The van der Waals surface area contributed by atoms with Crippen LogP contribution in [-0.2, 0) is 16.1 Å². The normalized spacial score (nSPS) is 14.7. The molecule has 0 aliphatic carbocycles. The predicted molar refractivity (Wildman–Crippen MR) is 182 cm³/mol. The van der Waals surface area contributed by atoms with Crippen LogP contribution < -0.4 is 29.1 Å². The molecule has 8 nitrogen and oxygen atoms in total. The average Bonchev–Trinajstić information content (AvgIpc) is 3.29. The van der Waals surface area contributed by atoms with Crippen molar-refractivity contribution in [3.05, 3.63) is 116 Å². The van der Waals surface area contributed by atoms with Crippen molar-refractivity contribution in [1.29, 1.82) is 0 Å². The minimum atomic E-state index is -0.830. The zero-order valence-corrected chi connectivity index (χ0v) is 29.8. The van der Waals surface area contributed by atoms with Crippen molar-refractivity contribution < 1.29 is 23.7 Å². The fraction of sp³-hybridized carbons (Fsp3) is 0.242. The number of hydrogen-bond donors (Lipinski definition) is 0. The molecule has 0 bridgehead atoms. The summed E-state index contributed by atoms with van der Waals surface area (Å²) in [7, 11) is 3.10. The first-order valence-electron chi connectivity index (χ1n) is 13.8. The molecule has 12 heteroatoms. The highest BCUT2D eigenvalue weighted by atomic mass is 79.9. The number of methoxy groups -OCH3 is 2. The third-order valence-corrected chi connectivity index (χ3v) is 9.38. The van der Waals surface area contributed by atoms with Crippen molar-refractivity contribution in [2.75, 3.05) is 14.2 Å². The lowest BCUT2D eigenvalue weighted by atomic mass is 9.95. The molecule has 0 unspecified atom stereocenters. The van der Waals surface area contributed by atoms with Gasteiger partial charge in [0, 0.05) is 20.6 Å². The van der Waals surface area contributed by atoms with Crippen LogP contribution in [0.5, 0.6) is 17.2 Å². The van der Waals surface area contributed by atoms with E-state index in [0.717, 1.165) is 10.0 Å². The van der Waals surface area contributed by atoms with Crippen LogP contribution >= 0.6 is 54.8 Å². The molecule has 0 radical (unpaired) electrons. The van der Waals surface area contributed by atoms with Crippen LogP contribution in [0.1, 0.15) is 43.5 Å². The summed E-state index contributed by atoms with van der Waals surface area (Å²) in [5, 5.41) is 0.606. The average molecular weight is 777 g/mol. The van der Waals surface area contributed by atoms with Crippen LogP contribution in [0.4, 0.5) is 0 Å². The largest absolute Gasteiger partial charge is 0.496 e. The second-order valence-electron chi connectivity index (χ2n) is 10.3. The molecule has 234 valence electrons. The van der Waals surface area contributed by atoms with Crippen molar-refractivity contribution in [3.8, 4) is 17.2 Å². The van der Waals surface area contributed by atoms with Crippen LogP contribution in [0, 0.1) is 0 Å². The smallest absolute Gasteiger partial charge is 0.338 e. The molecule has 3 aromatic carbocycles. The van der Waals surface area contributed by atoms with Gasteiger partial charge < -0.3 is 18.9 Å². The summed E-state index contributed by atoms with van der Waals surface area (Å²) in [6.07, 6.45) is 1.40. The number of nitrogens with zero attached hydrogens (tertiary/aromatic N) is 2. The van der Waals surface area contributed by atoms with Gasteiger partial charge in [0.25, 0.3) is 5.56 Å². The van der Waals surface area contributed by atoms with Gasteiger partial charge in [0.2, 0.25) is 0 Å². The Morgan fingerprint density at radius 2 is 1.82 bits per heavy atom. The molecule has 0 spiro atoms. The number of thiazole rings is 1. The second-order valence-corrected chi connectivity index (χ2v) is 13.5. The van der Waals surface area contributed by atoms with Crippen molar-refractivity contribution in [3.63, 3.8) is 0 Å². The Kier molecular flexibility index (Phi) is 10.2. The molecule has 5 rings (SSSR count). The van der Waals surface area contributed by atoms with Crippen LogP contribution in [0.2, 0.25) is 5.02 Å². The number of carbonyl (C=O) groups is 1. The molecule has 1 aromatic heterocycles. The maximum Gasteiger partial charge on any atom is 0.338 e. The fourth-order valence-corrected chi connectivity index (χ4v) is 7.14. The highest BCUT2D eigenvalue weighted by Gasteiger charge is 2.35. The molecule has 0 fully saturated rings. The number of fused-ring (bicyclic) bond motifs is 1. The number of aromatic nitrogens is 1. The van der Waals surface area contributed by atoms with Crippen LogP contribution in [-0.4, -0.2) is 30.9 Å². The number of carbonyl (C=O) groups excluding carboxylic acids is 1. The maximum absolute atomic E-state index is 14.2. The summed E-state index contributed by atoms with van der Waals surface area (Å²) >= 11 is 14.7. The fourth-order valence-electron chi connectivity index (χ4n) is 4.95. The Labute approximate surface area is 285 Å². The lowest BCUT2D eigenvalue weighted by Gasteiger charge is -2.26. The zero-order valence-electron chi connectivity index (χ0n) is 25.0. The van der Waals surface area contributed by atoms with Gasteiger partial charge in [0.1, 0.15) is 18.4 Å². The van der Waals surface area contributed by atoms with E-state index in [0.29, 0.717) is 52.9 Å². The molecular weight excluding hydrogens is 748 g/mol. The monoisotopic (exact) mass is 774 g/mol. The minimum absolute atomic E-state index is 0.243. The first kappa shape index (κ1) is 33.0. The lowest BCUT2D eigenvalue weighted by Crippen LogP contribution is -2.40. The molecule has 4 aromatic rings. The Morgan fingerprint density at radius 3 is 2.51 bits per heavy atom. The van der Waals surface area contributed by atoms with Crippen molar-refractivity contribution in [2.45, 2.75) is 39.5 Å². The Hall–Kier alpha value is -3.38. The maximum atomic E-state index is 14.2. The van der Waals surface area contributed by atoms with Gasteiger partial charge in [-0.1, -0.05) is 57.1 Å². The van der Waals surface area contributed by atoms with E-state index in [1.165, 1.54) is 15.9 Å². The van der Waals surface area contributed by atoms with Gasteiger partial charge in [0.05, 0.1) is 40.6 Å². The van der Waals surface area contributed by atoms with Crippen molar-refractivity contribution >= 4 is 66.8 Å². The molecule has 0 saturated carbocycles. The van der Waals surface area contributed by atoms with Crippen molar-refractivity contribution in [1.82, 2.24) is 4.57 Å². The van der Waals surface area contributed by atoms with E-state index in [2.05, 4.69) is 36.9 Å². The minimum Gasteiger partial charge on any atom is -0.496 e. The standard InChI is InChI=1S/C33H29Br2ClN2O6S/c1-17(2)44-32(40)28-18(3)37-33-38(29(28)22-15-21(34)10-11-25(22)41-4)31(39)27(45-33)14-19-12-23(35)30(26(13-19)42-5)43-16-20-8-6-7-9-24(20)36/h6-15,17,29H,16H2,1-5H3/b27-14-/t29-/m0/s1. The highest BCUT2D eigenvalue weighted by molar-refractivity contribution is 9.10. The first-order chi connectivity index (χ1) is 21.5. The third-order valence-electron chi connectivity index (χ3n) is 6.95. The van der Waals surface area contributed by atoms with Crippen LogP contribution in [0.15, 0.2) is 84.6 Å². The van der Waals surface area contributed by atoms with Crippen LogP contribution in [0.25, 0.3) is 6.08 Å². The van der Waals surface area contributed by atoms with E-state index in [9.17, 15) is 9.59 Å². The Morgan fingerprint density at radius 1 is 1.09 bits per heavy atom. The van der Waals surface area contributed by atoms with Crippen LogP contribution in [0.3, 0.4) is 0 Å².